The minimum Gasteiger partial charge on any atom is -0.334 e. The molecule has 0 amide bonds. The van der Waals surface area contributed by atoms with Crippen LogP contribution in [-0.2, 0) is 16.2 Å². The third kappa shape index (κ3) is 5.19. The molecule has 0 bridgehead atoms. The third-order valence-electron chi connectivity index (χ3n) is 12.7. The molecule has 0 radical (unpaired) electrons. The lowest BCUT2D eigenvalue weighted by atomic mass is 9.62. The lowest BCUT2D eigenvalue weighted by molar-refractivity contribution is 0.434. The summed E-state index contributed by atoms with van der Waals surface area (Å²) in [4.78, 5) is 2.65. The zero-order chi connectivity index (χ0) is 38.5. The fourth-order valence-corrected chi connectivity index (χ4v) is 10.4. The van der Waals surface area contributed by atoms with Crippen molar-refractivity contribution < 1.29 is 0 Å². The lowest BCUT2D eigenvalue weighted by Crippen LogP contribution is -2.47. The smallest absolute Gasteiger partial charge is 0.0609 e. The molecule has 1 spiro atoms. The van der Waals surface area contributed by atoms with Gasteiger partial charge in [-0.25, -0.2) is 0 Å². The summed E-state index contributed by atoms with van der Waals surface area (Å²) in [5, 5.41) is 0. The molecule has 3 atom stereocenters. The fourth-order valence-electron chi connectivity index (χ4n) is 10.4. The van der Waals surface area contributed by atoms with Gasteiger partial charge in [-0.15, -0.1) is 0 Å². The molecule has 0 fully saturated rings. The van der Waals surface area contributed by atoms with Gasteiger partial charge in [-0.05, 0) is 102 Å². The van der Waals surface area contributed by atoms with Crippen LogP contribution in [0.25, 0.3) is 22.3 Å². The van der Waals surface area contributed by atoms with Gasteiger partial charge in [0, 0.05) is 22.7 Å². The van der Waals surface area contributed by atoms with E-state index in [0.717, 1.165) is 0 Å². The minimum atomic E-state index is -0.449. The van der Waals surface area contributed by atoms with Gasteiger partial charge < -0.3 is 4.90 Å². The monoisotopic (exact) mass is 715 g/mol. The third-order valence-corrected chi connectivity index (χ3v) is 12.7. The number of fused-ring (bicyclic) bond motifs is 10. The second-order valence-electron chi connectivity index (χ2n) is 18.7. The maximum atomic E-state index is 4.27. The van der Waals surface area contributed by atoms with Gasteiger partial charge in [0.2, 0.25) is 0 Å². The van der Waals surface area contributed by atoms with Gasteiger partial charge in [0.25, 0.3) is 0 Å². The van der Waals surface area contributed by atoms with Crippen LogP contribution in [0.4, 0.5) is 11.4 Å². The molecule has 0 N–H and O–H groups in total. The number of hydrogen-bond donors (Lipinski definition) is 0. The van der Waals surface area contributed by atoms with E-state index in [4.69, 9.17) is 0 Å². The second kappa shape index (κ2) is 12.3. The largest absolute Gasteiger partial charge is 0.334 e. The Hall–Kier alpha value is -5.40. The first-order valence-electron chi connectivity index (χ1n) is 20.1. The van der Waals surface area contributed by atoms with E-state index >= 15 is 0 Å². The number of anilines is 2. The van der Waals surface area contributed by atoms with E-state index in [0.29, 0.717) is 0 Å². The molecular formula is C54H53N. The molecule has 9 rings (SSSR count). The average Bonchev–Trinajstić information content (AvgIpc) is 3.70. The van der Waals surface area contributed by atoms with E-state index in [1.54, 1.807) is 0 Å². The van der Waals surface area contributed by atoms with Crippen molar-refractivity contribution in [3.63, 3.8) is 0 Å². The van der Waals surface area contributed by atoms with Crippen molar-refractivity contribution in [1.82, 2.24) is 0 Å². The standard InChI is InChI=1S/C54H53N/c1-10-19-38-42-30-28-35(52(5,6)7)32-47(42)54(48(38)34-51(2,3)4)45-26-17-15-23-40(45)43-24-18-27-49(50(43)54)55(36-20-12-11-13-21-36)37-29-31-41-39-22-14-16-25-44(39)53(8,9)46(41)33-37/h10-34,49-50H,1H2,2-9H3/b38-19?,48-34+. The maximum absolute atomic E-state index is 4.27. The Morgan fingerprint density at radius 3 is 2.00 bits per heavy atom. The number of benzene rings is 5. The Labute approximate surface area is 329 Å². The molecule has 4 aliphatic rings. The number of nitrogens with zero attached hydrogens (tertiary/aromatic N) is 1. The normalized spacial score (nSPS) is 22.9. The van der Waals surface area contributed by atoms with E-state index in [9.17, 15) is 0 Å². The highest BCUT2D eigenvalue weighted by molar-refractivity contribution is 5.99. The summed E-state index contributed by atoms with van der Waals surface area (Å²) < 4.78 is 0. The van der Waals surface area contributed by atoms with Crippen LogP contribution in [0.5, 0.6) is 0 Å². The SMILES string of the molecule is C=CC=C1/C(=C\C(C)(C)C)C2(c3cc(C(C)(C)C)ccc31)c1ccccc1C1=CC=CC(N(c3ccccc3)c3ccc4c(c3)C(C)(C)c3ccccc3-4)C12. The highest BCUT2D eigenvalue weighted by atomic mass is 15.2. The first kappa shape index (κ1) is 35.3. The average molecular weight is 716 g/mol. The summed E-state index contributed by atoms with van der Waals surface area (Å²) in [6, 6.07) is 43.9. The molecule has 1 nitrogen and oxygen atoms in total. The second-order valence-corrected chi connectivity index (χ2v) is 18.7. The number of para-hydroxylation sites is 1. The topological polar surface area (TPSA) is 3.24 Å². The van der Waals surface area contributed by atoms with Crippen LogP contribution in [0.1, 0.15) is 94.3 Å². The fraction of sp³-hybridized carbons (Fsp3) is 0.259. The molecule has 5 aromatic rings. The van der Waals surface area contributed by atoms with Gasteiger partial charge in [0.1, 0.15) is 0 Å². The number of hydrogen-bond acceptors (Lipinski definition) is 1. The van der Waals surface area contributed by atoms with E-state index in [1.807, 2.05) is 6.08 Å². The molecule has 0 heterocycles. The zero-order valence-electron chi connectivity index (χ0n) is 33.7. The summed E-state index contributed by atoms with van der Waals surface area (Å²) in [6.07, 6.45) is 14.1. The summed E-state index contributed by atoms with van der Waals surface area (Å²) >= 11 is 0. The van der Waals surface area contributed by atoms with E-state index in [1.165, 1.54) is 78.2 Å². The molecule has 3 unspecified atom stereocenters. The van der Waals surface area contributed by atoms with Gasteiger partial charge in [-0.3, -0.25) is 0 Å². The molecule has 0 aliphatic heterocycles. The molecule has 0 aromatic heterocycles. The summed E-state index contributed by atoms with van der Waals surface area (Å²) in [6.45, 7) is 23.1. The highest BCUT2D eigenvalue weighted by Gasteiger charge is 2.61. The minimum absolute atomic E-state index is 0.00247. The molecule has 0 saturated heterocycles. The summed E-state index contributed by atoms with van der Waals surface area (Å²) in [5.74, 6) is 0.0758. The van der Waals surface area contributed by atoms with Crippen molar-refractivity contribution >= 4 is 22.5 Å². The van der Waals surface area contributed by atoms with Crippen LogP contribution in [0.15, 0.2) is 164 Å². The Kier molecular flexibility index (Phi) is 7.90. The van der Waals surface area contributed by atoms with Crippen LogP contribution < -0.4 is 4.90 Å². The van der Waals surface area contributed by atoms with Crippen molar-refractivity contribution in [3.05, 3.63) is 203 Å². The van der Waals surface area contributed by atoms with E-state index in [2.05, 4.69) is 213 Å². The molecule has 4 aliphatic carbocycles. The van der Waals surface area contributed by atoms with Crippen LogP contribution in [0, 0.1) is 11.3 Å². The van der Waals surface area contributed by atoms with Crippen LogP contribution in [-0.4, -0.2) is 6.04 Å². The van der Waals surface area contributed by atoms with Crippen LogP contribution in [0.3, 0.4) is 0 Å². The molecular weight excluding hydrogens is 663 g/mol. The number of rotatable bonds is 4. The molecule has 274 valence electrons. The van der Waals surface area contributed by atoms with E-state index in [-0.39, 0.29) is 28.2 Å². The van der Waals surface area contributed by atoms with Gasteiger partial charge in [-0.1, -0.05) is 189 Å². The molecule has 55 heavy (non-hydrogen) atoms. The van der Waals surface area contributed by atoms with Crippen molar-refractivity contribution in [2.24, 2.45) is 11.3 Å². The van der Waals surface area contributed by atoms with Gasteiger partial charge in [0.05, 0.1) is 11.5 Å². The molecule has 1 heteroatoms. The van der Waals surface area contributed by atoms with Crippen LogP contribution in [0.2, 0.25) is 0 Å². The predicted molar refractivity (Wildman–Crippen MR) is 235 cm³/mol. The number of allylic oxidation sites excluding steroid dienone is 7. The van der Waals surface area contributed by atoms with Crippen molar-refractivity contribution in [2.45, 2.75) is 77.7 Å². The van der Waals surface area contributed by atoms with Crippen molar-refractivity contribution in [1.29, 1.82) is 0 Å². The molecule has 5 aromatic carbocycles. The molecule has 0 saturated carbocycles. The summed E-state index contributed by atoms with van der Waals surface area (Å²) in [5.41, 5.74) is 18.2. The Morgan fingerprint density at radius 1 is 0.636 bits per heavy atom. The Balaban J connectivity index is 1.36. The van der Waals surface area contributed by atoms with Gasteiger partial charge in [-0.2, -0.15) is 0 Å². The Morgan fingerprint density at radius 2 is 1.29 bits per heavy atom. The van der Waals surface area contributed by atoms with Crippen molar-refractivity contribution in [3.8, 4) is 11.1 Å². The van der Waals surface area contributed by atoms with Crippen LogP contribution >= 0.6 is 0 Å². The highest BCUT2D eigenvalue weighted by Crippen LogP contribution is 2.68. The van der Waals surface area contributed by atoms with Crippen molar-refractivity contribution in [2.75, 3.05) is 4.90 Å². The quantitative estimate of drug-likeness (QED) is 0.179. The Bertz CT molecular complexity index is 2500. The first-order valence-corrected chi connectivity index (χ1v) is 20.1. The lowest BCUT2D eigenvalue weighted by Gasteiger charge is -2.46. The van der Waals surface area contributed by atoms with Gasteiger partial charge in [0.15, 0.2) is 0 Å². The maximum Gasteiger partial charge on any atom is 0.0609 e. The predicted octanol–water partition coefficient (Wildman–Crippen LogP) is 13.9. The zero-order valence-corrected chi connectivity index (χ0v) is 33.7. The first-order chi connectivity index (χ1) is 26.3. The van der Waals surface area contributed by atoms with Gasteiger partial charge >= 0.3 is 0 Å². The summed E-state index contributed by atoms with van der Waals surface area (Å²) in [7, 11) is 0. The van der Waals surface area contributed by atoms with E-state index < -0.39 is 5.41 Å².